The number of halogens is 2. The molecule has 0 saturated carbocycles. The van der Waals surface area contributed by atoms with E-state index in [0.717, 1.165) is 10.8 Å². The second-order valence-corrected chi connectivity index (χ2v) is 15.5. The third kappa shape index (κ3) is 6.35. The van der Waals surface area contributed by atoms with Crippen LogP contribution in [0, 0.1) is 35.8 Å². The molecule has 298 valence electrons. The van der Waals surface area contributed by atoms with Crippen LogP contribution in [0.4, 0.5) is 5.69 Å². The Morgan fingerprint density at radius 2 is 1.03 bits per heavy atom. The molecule has 0 radical (unpaired) electrons. The summed E-state index contributed by atoms with van der Waals surface area (Å²) in [6, 6.07) is 57.5. The largest absolute Gasteiger partial charge is 0.318 e. The van der Waals surface area contributed by atoms with Crippen molar-refractivity contribution in [1.29, 1.82) is 10.5 Å². The normalized spacial score (nSPS) is 12.0. The Morgan fingerprint density at radius 1 is 0.547 bits per heavy atom. The lowest BCUT2D eigenvalue weighted by atomic mass is 9.99. The molecule has 0 unspecified atom stereocenters. The smallest absolute Gasteiger partial charge is 0.236 e. The van der Waals surface area contributed by atoms with Crippen molar-refractivity contribution in [3.8, 4) is 46.0 Å². The minimum absolute atomic E-state index is 0.149. The molecule has 0 bridgehead atoms. The van der Waals surface area contributed by atoms with Crippen LogP contribution in [0.5, 0.6) is 0 Å². The molecule has 64 heavy (non-hydrogen) atoms. The SMILES string of the molecule is [C-]#[N+]/C(c1nc(Cl)cc2ccccc12)=c1\c2c(-c3ccccc3[N+]#[C-])n(-c3ccccc3)/c(=C(/C#N)c3nc(Cl)cc4ccccc34)c2c(-c2ccccc2C#N)n1-c1ccccc1. The molecule has 0 N–H and O–H groups in total. The van der Waals surface area contributed by atoms with E-state index in [-0.39, 0.29) is 21.6 Å². The van der Waals surface area contributed by atoms with Gasteiger partial charge in [0.15, 0.2) is 5.69 Å². The fourth-order valence-electron chi connectivity index (χ4n) is 8.71. The summed E-state index contributed by atoms with van der Waals surface area (Å²) >= 11 is 13.7. The Kier molecular flexibility index (Phi) is 10.0. The predicted octanol–water partition coefficient (Wildman–Crippen LogP) is 12.4. The predicted molar refractivity (Wildman–Crippen MR) is 254 cm³/mol. The molecule has 10 aromatic rings. The number of aromatic nitrogens is 4. The highest BCUT2D eigenvalue weighted by Gasteiger charge is 2.32. The van der Waals surface area contributed by atoms with Gasteiger partial charge >= 0.3 is 0 Å². The lowest BCUT2D eigenvalue weighted by Crippen LogP contribution is -2.23. The highest BCUT2D eigenvalue weighted by Crippen LogP contribution is 2.42. The summed E-state index contributed by atoms with van der Waals surface area (Å²) in [5.41, 5.74) is 5.12. The zero-order valence-corrected chi connectivity index (χ0v) is 35.0. The second kappa shape index (κ2) is 16.3. The average Bonchev–Trinajstić information content (AvgIpc) is 3.85. The maximum absolute atomic E-state index is 11.8. The molecular weight excluding hydrogens is 832 g/mol. The number of nitriles is 2. The minimum atomic E-state index is 0.149. The van der Waals surface area contributed by atoms with Crippen molar-refractivity contribution in [2.45, 2.75) is 0 Å². The number of benzene rings is 6. The number of rotatable bonds is 6. The number of nitrogens with zero attached hydrogens (tertiary/aromatic N) is 8. The van der Waals surface area contributed by atoms with E-state index in [0.29, 0.717) is 88.8 Å². The van der Waals surface area contributed by atoms with Crippen molar-refractivity contribution in [3.63, 3.8) is 0 Å². The van der Waals surface area contributed by atoms with Crippen molar-refractivity contribution >= 4 is 72.5 Å². The molecule has 8 nitrogen and oxygen atoms in total. The lowest BCUT2D eigenvalue weighted by Gasteiger charge is -2.17. The van der Waals surface area contributed by atoms with Gasteiger partial charge in [-0.25, -0.2) is 19.7 Å². The molecule has 0 amide bonds. The molecule has 0 atom stereocenters. The van der Waals surface area contributed by atoms with Crippen molar-refractivity contribution < 1.29 is 0 Å². The average molecular weight is 860 g/mol. The highest BCUT2D eigenvalue weighted by molar-refractivity contribution is 6.30. The molecule has 10 heteroatoms. The van der Waals surface area contributed by atoms with E-state index in [1.54, 1.807) is 30.3 Å². The molecule has 0 aliphatic heterocycles. The molecule has 0 fully saturated rings. The molecule has 0 aliphatic carbocycles. The van der Waals surface area contributed by atoms with Crippen molar-refractivity contribution in [3.05, 3.63) is 231 Å². The van der Waals surface area contributed by atoms with Gasteiger partial charge in [-0.15, -0.1) is 0 Å². The van der Waals surface area contributed by atoms with Gasteiger partial charge in [-0.1, -0.05) is 151 Å². The zero-order chi connectivity index (χ0) is 43.9. The van der Waals surface area contributed by atoms with Crippen LogP contribution in [0.2, 0.25) is 10.3 Å². The molecule has 4 heterocycles. The number of pyridine rings is 2. The fraction of sp³-hybridized carbons (Fsp3) is 0. The first-order valence-corrected chi connectivity index (χ1v) is 20.7. The van der Waals surface area contributed by atoms with Crippen LogP contribution in [-0.2, 0) is 0 Å². The molecular formula is C54H28Cl2N8. The van der Waals surface area contributed by atoms with Crippen LogP contribution in [0.3, 0.4) is 0 Å². The van der Waals surface area contributed by atoms with Gasteiger partial charge in [0.05, 0.1) is 58.3 Å². The summed E-state index contributed by atoms with van der Waals surface area (Å²) < 4.78 is 3.96. The summed E-state index contributed by atoms with van der Waals surface area (Å²) in [6.45, 7) is 17.7. The van der Waals surface area contributed by atoms with E-state index < -0.39 is 0 Å². The molecule has 0 saturated heterocycles. The van der Waals surface area contributed by atoms with Gasteiger partial charge < -0.3 is 9.13 Å². The third-order valence-electron chi connectivity index (χ3n) is 11.3. The van der Waals surface area contributed by atoms with Crippen LogP contribution >= 0.6 is 23.2 Å². The summed E-state index contributed by atoms with van der Waals surface area (Å²) in [5, 5.41) is 27.8. The van der Waals surface area contributed by atoms with Crippen LogP contribution in [0.25, 0.3) is 87.2 Å². The number of hydrogen-bond donors (Lipinski definition) is 0. The van der Waals surface area contributed by atoms with E-state index in [1.807, 2.05) is 149 Å². The molecule has 0 aliphatic rings. The summed E-state index contributed by atoms with van der Waals surface area (Å²) in [7, 11) is 0. The topological polar surface area (TPSA) is 91.9 Å². The summed E-state index contributed by atoms with van der Waals surface area (Å²) in [5.74, 6) is 0. The molecule has 10 rings (SSSR count). The van der Waals surface area contributed by atoms with Gasteiger partial charge in [-0.3, -0.25) is 0 Å². The molecule has 4 aromatic heterocycles. The minimum Gasteiger partial charge on any atom is -0.318 e. The highest BCUT2D eigenvalue weighted by atomic mass is 35.5. The first-order chi connectivity index (χ1) is 31.4. The van der Waals surface area contributed by atoms with E-state index in [9.17, 15) is 10.5 Å². The van der Waals surface area contributed by atoms with Gasteiger partial charge in [0.25, 0.3) is 0 Å². The maximum Gasteiger partial charge on any atom is 0.236 e. The van der Waals surface area contributed by atoms with Gasteiger partial charge in [0, 0.05) is 38.7 Å². The van der Waals surface area contributed by atoms with Crippen LogP contribution in [-0.4, -0.2) is 19.1 Å². The second-order valence-electron chi connectivity index (χ2n) is 14.7. The van der Waals surface area contributed by atoms with E-state index >= 15 is 0 Å². The number of hydrogen-bond acceptors (Lipinski definition) is 4. The summed E-state index contributed by atoms with van der Waals surface area (Å²) in [4.78, 5) is 18.2. The van der Waals surface area contributed by atoms with Crippen molar-refractivity contribution in [1.82, 2.24) is 19.1 Å². The Hall–Kier alpha value is -8.76. The van der Waals surface area contributed by atoms with E-state index in [4.69, 9.17) is 46.3 Å². The van der Waals surface area contributed by atoms with Gasteiger partial charge in [-0.05, 0) is 58.6 Å². The maximum atomic E-state index is 11.8. The van der Waals surface area contributed by atoms with E-state index in [2.05, 4.69) is 21.8 Å². The Labute approximate surface area is 377 Å². The summed E-state index contributed by atoms with van der Waals surface area (Å²) in [6.07, 6.45) is 0. The standard InChI is InChI=1S/C54H28Cl2N8/c1-59-43-28-16-15-27-41(43)52-47-46(53(63(52)36-20-5-3-6-21-36)42(32-58)48-38-24-12-9-17-33(38)29-44(55)61-48)51(40-26-14-11-19-35(40)31-57)64(37-22-7-4-8-23-37)54(47)50(60-2)49-39-25-13-10-18-34(39)30-45(56)62-49/h3-30H/b53-42-,54-50+. The van der Waals surface area contributed by atoms with Crippen molar-refractivity contribution in [2.75, 3.05) is 0 Å². The van der Waals surface area contributed by atoms with Gasteiger partial charge in [-0.2, -0.15) is 10.5 Å². The Bertz CT molecular complexity index is 3610. The van der Waals surface area contributed by atoms with Crippen LogP contribution in [0.1, 0.15) is 17.0 Å². The first-order valence-electron chi connectivity index (χ1n) is 20.0. The van der Waals surface area contributed by atoms with Gasteiger partial charge in [0.1, 0.15) is 21.9 Å². The molecule has 6 aromatic carbocycles. The van der Waals surface area contributed by atoms with Crippen LogP contribution in [0.15, 0.2) is 170 Å². The quantitative estimate of drug-likeness (QED) is 0.123. The number of fused-ring (bicyclic) bond motifs is 3. The Balaban J connectivity index is 1.66. The zero-order valence-electron chi connectivity index (χ0n) is 33.5. The van der Waals surface area contributed by atoms with E-state index in [1.165, 1.54) is 0 Å². The van der Waals surface area contributed by atoms with Gasteiger partial charge in [0.2, 0.25) is 5.70 Å². The fourth-order valence-corrected chi connectivity index (χ4v) is 9.11. The number of para-hydroxylation sites is 3. The first kappa shape index (κ1) is 39.4. The van der Waals surface area contributed by atoms with Crippen LogP contribution < -0.4 is 10.7 Å². The Morgan fingerprint density at radius 3 is 1.62 bits per heavy atom. The lowest BCUT2D eigenvalue weighted by molar-refractivity contribution is 1.01. The monoisotopic (exact) mass is 858 g/mol. The third-order valence-corrected chi connectivity index (χ3v) is 11.7. The molecule has 0 spiro atoms. The van der Waals surface area contributed by atoms with Crippen molar-refractivity contribution in [2.24, 2.45) is 0 Å².